The highest BCUT2D eigenvalue weighted by atomic mass is 16.3. The Hall–Kier alpha value is -2.30. The zero-order valence-corrected chi connectivity index (χ0v) is 9.91. The lowest BCUT2D eigenvalue weighted by molar-refractivity contribution is -0.121. The molecule has 0 radical (unpaired) electrons. The smallest absolute Gasteiger partial charge is 0.241 e. The van der Waals surface area contributed by atoms with E-state index in [-0.39, 0.29) is 18.2 Å². The van der Waals surface area contributed by atoms with Crippen molar-refractivity contribution < 1.29 is 9.90 Å². The highest BCUT2D eigenvalue weighted by molar-refractivity contribution is 5.75. The Morgan fingerprint density at radius 1 is 1.33 bits per heavy atom. The fraction of sp³-hybridized carbons (Fsp3) is 0.231. The Morgan fingerprint density at radius 2 is 2.11 bits per heavy atom. The molecule has 1 heterocycles. The van der Waals surface area contributed by atoms with Gasteiger partial charge in [0.1, 0.15) is 12.3 Å². The van der Waals surface area contributed by atoms with E-state index in [1.54, 1.807) is 35.3 Å². The van der Waals surface area contributed by atoms with Crippen LogP contribution >= 0.6 is 0 Å². The van der Waals surface area contributed by atoms with Gasteiger partial charge in [-0.25, -0.2) is 0 Å². The molecule has 2 aromatic rings. The third kappa shape index (κ3) is 3.62. The van der Waals surface area contributed by atoms with Gasteiger partial charge in [0, 0.05) is 18.9 Å². The van der Waals surface area contributed by atoms with Gasteiger partial charge >= 0.3 is 0 Å². The Balaban J connectivity index is 1.72. The first kappa shape index (κ1) is 12.2. The molecule has 94 valence electrons. The first-order valence-corrected chi connectivity index (χ1v) is 5.76. The van der Waals surface area contributed by atoms with Crippen molar-refractivity contribution in [3.8, 4) is 5.75 Å². The van der Waals surface area contributed by atoms with Crippen LogP contribution in [0.4, 0.5) is 0 Å². The highest BCUT2D eigenvalue weighted by Crippen LogP contribution is 2.09. The molecule has 0 aliphatic rings. The average molecular weight is 245 g/mol. The summed E-state index contributed by atoms with van der Waals surface area (Å²) in [7, 11) is 0. The molecule has 18 heavy (non-hydrogen) atoms. The quantitative estimate of drug-likeness (QED) is 0.824. The van der Waals surface area contributed by atoms with Crippen molar-refractivity contribution in [3.05, 3.63) is 48.3 Å². The first-order chi connectivity index (χ1) is 8.74. The Kier molecular flexibility index (Phi) is 3.96. The number of phenols is 1. The molecule has 0 saturated carbocycles. The van der Waals surface area contributed by atoms with Gasteiger partial charge in [-0.1, -0.05) is 12.1 Å². The van der Waals surface area contributed by atoms with Crippen LogP contribution in [0.5, 0.6) is 5.75 Å². The summed E-state index contributed by atoms with van der Waals surface area (Å²) in [5.41, 5.74) is 1.08. The summed E-state index contributed by atoms with van der Waals surface area (Å²) < 4.78 is 1.58. The van der Waals surface area contributed by atoms with E-state index in [4.69, 9.17) is 5.11 Å². The average Bonchev–Trinajstić information content (AvgIpc) is 2.84. The standard InChI is InChI=1S/C13H15N3O2/c17-12-4-2-11(3-5-12)6-8-14-13(18)10-16-9-1-7-15-16/h1-5,7,9,17H,6,8,10H2,(H,14,18). The van der Waals surface area contributed by atoms with Crippen LogP contribution in [0.3, 0.4) is 0 Å². The molecule has 0 spiro atoms. The molecule has 0 saturated heterocycles. The maximum absolute atomic E-state index is 11.5. The van der Waals surface area contributed by atoms with Crippen LogP contribution in [0.25, 0.3) is 0 Å². The maximum atomic E-state index is 11.5. The van der Waals surface area contributed by atoms with Crippen LogP contribution in [-0.2, 0) is 17.8 Å². The number of aromatic hydroxyl groups is 1. The monoisotopic (exact) mass is 245 g/mol. The Morgan fingerprint density at radius 3 is 2.78 bits per heavy atom. The number of rotatable bonds is 5. The van der Waals surface area contributed by atoms with Crippen molar-refractivity contribution in [2.75, 3.05) is 6.54 Å². The molecule has 5 nitrogen and oxygen atoms in total. The molecule has 0 aliphatic carbocycles. The van der Waals surface area contributed by atoms with E-state index < -0.39 is 0 Å². The zero-order valence-electron chi connectivity index (χ0n) is 9.91. The number of aromatic nitrogens is 2. The first-order valence-electron chi connectivity index (χ1n) is 5.76. The van der Waals surface area contributed by atoms with Gasteiger partial charge in [-0.15, -0.1) is 0 Å². The highest BCUT2D eigenvalue weighted by Gasteiger charge is 2.02. The normalized spacial score (nSPS) is 10.2. The zero-order chi connectivity index (χ0) is 12.8. The summed E-state index contributed by atoms with van der Waals surface area (Å²) in [6.07, 6.45) is 4.13. The summed E-state index contributed by atoms with van der Waals surface area (Å²) >= 11 is 0. The predicted molar refractivity (Wildman–Crippen MR) is 67.0 cm³/mol. The molecule has 0 atom stereocenters. The van der Waals surface area contributed by atoms with Crippen LogP contribution in [0.15, 0.2) is 42.7 Å². The summed E-state index contributed by atoms with van der Waals surface area (Å²) in [4.78, 5) is 11.5. The van der Waals surface area contributed by atoms with Gasteiger partial charge < -0.3 is 10.4 Å². The molecule has 0 aliphatic heterocycles. The van der Waals surface area contributed by atoms with Crippen LogP contribution < -0.4 is 5.32 Å². The minimum atomic E-state index is -0.0579. The van der Waals surface area contributed by atoms with E-state index in [9.17, 15) is 4.79 Å². The van der Waals surface area contributed by atoms with Gasteiger partial charge in [0.05, 0.1) is 0 Å². The second-order valence-electron chi connectivity index (χ2n) is 3.97. The third-order valence-electron chi connectivity index (χ3n) is 2.54. The molecular weight excluding hydrogens is 230 g/mol. The summed E-state index contributed by atoms with van der Waals surface area (Å²) in [6, 6.07) is 8.75. The molecular formula is C13H15N3O2. The number of hydrogen-bond acceptors (Lipinski definition) is 3. The molecule has 1 aromatic carbocycles. The van der Waals surface area contributed by atoms with Gasteiger partial charge in [0.2, 0.25) is 5.91 Å². The largest absolute Gasteiger partial charge is 0.508 e. The van der Waals surface area contributed by atoms with Crippen molar-refractivity contribution >= 4 is 5.91 Å². The number of amides is 1. The Labute approximate surface area is 105 Å². The predicted octanol–water partition coefficient (Wildman–Crippen LogP) is 0.948. The fourth-order valence-electron chi connectivity index (χ4n) is 1.61. The van der Waals surface area contributed by atoms with E-state index in [1.165, 1.54) is 0 Å². The Bertz CT molecular complexity index is 491. The van der Waals surface area contributed by atoms with Crippen LogP contribution in [0.2, 0.25) is 0 Å². The van der Waals surface area contributed by atoms with Gasteiger partial charge in [-0.05, 0) is 30.2 Å². The van der Waals surface area contributed by atoms with Crippen LogP contribution in [0.1, 0.15) is 5.56 Å². The number of phenolic OH excluding ortho intramolecular Hbond substituents is 1. The number of carbonyl (C=O) groups is 1. The SMILES string of the molecule is O=C(Cn1cccn1)NCCc1ccc(O)cc1. The molecule has 5 heteroatoms. The summed E-state index contributed by atoms with van der Waals surface area (Å²) in [5.74, 6) is 0.193. The van der Waals surface area contributed by atoms with Crippen molar-refractivity contribution in [2.24, 2.45) is 0 Å². The molecule has 0 unspecified atom stereocenters. The molecule has 2 rings (SSSR count). The lowest BCUT2D eigenvalue weighted by Gasteiger charge is -2.05. The summed E-state index contributed by atoms with van der Waals surface area (Å²) in [6.45, 7) is 0.813. The summed E-state index contributed by atoms with van der Waals surface area (Å²) in [5, 5.41) is 15.9. The second-order valence-corrected chi connectivity index (χ2v) is 3.97. The number of hydrogen-bond donors (Lipinski definition) is 2. The molecule has 1 amide bonds. The maximum Gasteiger partial charge on any atom is 0.241 e. The third-order valence-corrected chi connectivity index (χ3v) is 2.54. The van der Waals surface area contributed by atoms with E-state index in [2.05, 4.69) is 10.4 Å². The van der Waals surface area contributed by atoms with E-state index >= 15 is 0 Å². The molecule has 0 fully saturated rings. The second kappa shape index (κ2) is 5.86. The molecule has 2 N–H and O–H groups in total. The lowest BCUT2D eigenvalue weighted by Crippen LogP contribution is -2.29. The number of benzene rings is 1. The molecule has 0 bridgehead atoms. The number of nitrogens with one attached hydrogen (secondary N) is 1. The fourth-order valence-corrected chi connectivity index (χ4v) is 1.61. The minimum Gasteiger partial charge on any atom is -0.508 e. The van der Waals surface area contributed by atoms with Crippen LogP contribution in [0, 0.1) is 0 Å². The van der Waals surface area contributed by atoms with Crippen molar-refractivity contribution in [2.45, 2.75) is 13.0 Å². The van der Waals surface area contributed by atoms with Gasteiger partial charge in [-0.2, -0.15) is 5.10 Å². The minimum absolute atomic E-state index is 0.0579. The van der Waals surface area contributed by atoms with Crippen LogP contribution in [-0.4, -0.2) is 27.3 Å². The van der Waals surface area contributed by atoms with Gasteiger partial charge in [0.25, 0.3) is 0 Å². The van der Waals surface area contributed by atoms with E-state index in [0.29, 0.717) is 6.54 Å². The molecule has 1 aromatic heterocycles. The lowest BCUT2D eigenvalue weighted by atomic mass is 10.1. The van der Waals surface area contributed by atoms with Crippen molar-refractivity contribution in [1.29, 1.82) is 0 Å². The topological polar surface area (TPSA) is 67.2 Å². The number of nitrogens with zero attached hydrogens (tertiary/aromatic N) is 2. The van der Waals surface area contributed by atoms with Gasteiger partial charge in [-0.3, -0.25) is 9.48 Å². The van der Waals surface area contributed by atoms with E-state index in [0.717, 1.165) is 12.0 Å². The van der Waals surface area contributed by atoms with E-state index in [1.807, 2.05) is 12.1 Å². The van der Waals surface area contributed by atoms with Crippen molar-refractivity contribution in [3.63, 3.8) is 0 Å². The number of carbonyl (C=O) groups excluding carboxylic acids is 1. The van der Waals surface area contributed by atoms with Gasteiger partial charge in [0.15, 0.2) is 0 Å². The van der Waals surface area contributed by atoms with Crippen molar-refractivity contribution in [1.82, 2.24) is 15.1 Å².